The van der Waals surface area contributed by atoms with E-state index in [1.807, 2.05) is 23.1 Å². The van der Waals surface area contributed by atoms with Crippen LogP contribution < -0.4 is 10.1 Å². The number of carbonyl (C=O) groups is 2. The van der Waals surface area contributed by atoms with Crippen molar-refractivity contribution < 1.29 is 19.4 Å². The lowest BCUT2D eigenvalue weighted by molar-refractivity contribution is 0.0735. The first-order valence-electron chi connectivity index (χ1n) is 10.9. The van der Waals surface area contributed by atoms with E-state index in [1.54, 1.807) is 0 Å². The highest BCUT2D eigenvalue weighted by Gasteiger charge is 2.29. The Bertz CT molecular complexity index is 742. The third-order valence-electron chi connectivity index (χ3n) is 6.42. The molecular formula is C22H31N3O4. The van der Waals surface area contributed by atoms with E-state index in [0.29, 0.717) is 25.4 Å². The monoisotopic (exact) mass is 401 g/mol. The summed E-state index contributed by atoms with van der Waals surface area (Å²) >= 11 is 0. The van der Waals surface area contributed by atoms with Crippen LogP contribution in [-0.2, 0) is 0 Å². The lowest BCUT2D eigenvalue weighted by Gasteiger charge is -2.29. The van der Waals surface area contributed by atoms with Crippen molar-refractivity contribution in [1.29, 1.82) is 0 Å². The molecular weight excluding hydrogens is 370 g/mol. The molecule has 29 heavy (non-hydrogen) atoms. The minimum atomic E-state index is -0.888. The average Bonchev–Trinajstić information content (AvgIpc) is 3.24. The van der Waals surface area contributed by atoms with E-state index >= 15 is 0 Å². The van der Waals surface area contributed by atoms with Crippen LogP contribution in [0.15, 0.2) is 18.2 Å². The Labute approximate surface area is 172 Å². The van der Waals surface area contributed by atoms with Crippen LogP contribution in [0.4, 0.5) is 4.79 Å². The molecule has 0 bridgehead atoms. The summed E-state index contributed by atoms with van der Waals surface area (Å²) in [5.41, 5.74) is 1.86. The van der Waals surface area contributed by atoms with Gasteiger partial charge in [0.2, 0.25) is 0 Å². The molecule has 7 nitrogen and oxygen atoms in total. The molecule has 0 aromatic heterocycles. The summed E-state index contributed by atoms with van der Waals surface area (Å²) in [6.07, 6.45) is 5.61. The Morgan fingerprint density at radius 3 is 2.45 bits per heavy atom. The first-order valence-corrected chi connectivity index (χ1v) is 10.9. The largest absolute Gasteiger partial charge is 0.488 e. The number of piperazine rings is 1. The molecule has 2 aliphatic heterocycles. The molecule has 1 aromatic carbocycles. The van der Waals surface area contributed by atoms with E-state index in [4.69, 9.17) is 4.74 Å². The van der Waals surface area contributed by atoms with Crippen molar-refractivity contribution in [2.45, 2.75) is 50.5 Å². The molecule has 1 saturated carbocycles. The zero-order valence-electron chi connectivity index (χ0n) is 16.9. The summed E-state index contributed by atoms with van der Waals surface area (Å²) in [5.74, 6) is 1.32. The fraction of sp³-hybridized carbons (Fsp3) is 0.636. The number of nitrogens with one attached hydrogen (secondary N) is 1. The first kappa shape index (κ1) is 20.0. The van der Waals surface area contributed by atoms with Gasteiger partial charge in [-0.1, -0.05) is 19.3 Å². The van der Waals surface area contributed by atoms with Gasteiger partial charge in [0, 0.05) is 44.7 Å². The second-order valence-corrected chi connectivity index (χ2v) is 8.39. The number of nitrogens with zero attached hydrogens (tertiary/aromatic N) is 2. The zero-order valence-corrected chi connectivity index (χ0v) is 16.9. The van der Waals surface area contributed by atoms with Crippen molar-refractivity contribution in [3.63, 3.8) is 0 Å². The number of carboxylic acid groups (broad SMARTS) is 1. The highest BCUT2D eigenvalue weighted by atomic mass is 16.5. The topological polar surface area (TPSA) is 82.1 Å². The van der Waals surface area contributed by atoms with Crippen molar-refractivity contribution in [1.82, 2.24) is 15.1 Å². The number of ether oxygens (including phenoxy) is 1. The van der Waals surface area contributed by atoms with Crippen molar-refractivity contribution in [3.05, 3.63) is 29.3 Å². The van der Waals surface area contributed by atoms with Crippen LogP contribution in [0.3, 0.4) is 0 Å². The summed E-state index contributed by atoms with van der Waals surface area (Å²) < 4.78 is 6.28. The molecule has 2 heterocycles. The van der Waals surface area contributed by atoms with Gasteiger partial charge in [-0.05, 0) is 42.5 Å². The smallest absolute Gasteiger partial charge is 0.407 e. The standard InChI is InChI=1S/C22H31N3O4/c26-21(24-12-9-23-10-13-24)17-6-7-20(19(14-17)16-4-2-1-3-5-16)29-18-8-11-25(15-18)22(27)28/h6-7,14,16,18,23H,1-5,8-13,15H2,(H,27,28). The summed E-state index contributed by atoms with van der Waals surface area (Å²) in [4.78, 5) is 27.5. The van der Waals surface area contributed by atoms with Gasteiger partial charge >= 0.3 is 6.09 Å². The number of likely N-dealkylation sites (tertiary alicyclic amines) is 1. The quantitative estimate of drug-likeness (QED) is 0.811. The van der Waals surface area contributed by atoms with Gasteiger partial charge in [0.1, 0.15) is 11.9 Å². The van der Waals surface area contributed by atoms with Crippen LogP contribution in [0.1, 0.15) is 60.4 Å². The van der Waals surface area contributed by atoms with Gasteiger partial charge in [-0.2, -0.15) is 0 Å². The zero-order chi connectivity index (χ0) is 20.2. The fourth-order valence-corrected chi connectivity index (χ4v) is 4.75. The van der Waals surface area contributed by atoms with Gasteiger partial charge in [-0.3, -0.25) is 4.79 Å². The Hall–Kier alpha value is -2.28. The number of carbonyl (C=O) groups excluding carboxylic acids is 1. The van der Waals surface area contributed by atoms with E-state index in [0.717, 1.165) is 55.9 Å². The van der Waals surface area contributed by atoms with Gasteiger partial charge < -0.3 is 25.0 Å². The second kappa shape index (κ2) is 9.03. The minimum absolute atomic E-state index is 0.0908. The molecule has 4 rings (SSSR count). The van der Waals surface area contributed by atoms with Crippen LogP contribution in [0.5, 0.6) is 5.75 Å². The van der Waals surface area contributed by atoms with E-state index < -0.39 is 6.09 Å². The van der Waals surface area contributed by atoms with Crippen molar-refractivity contribution in [2.75, 3.05) is 39.3 Å². The molecule has 2 amide bonds. The van der Waals surface area contributed by atoms with Crippen LogP contribution >= 0.6 is 0 Å². The molecule has 3 aliphatic rings. The van der Waals surface area contributed by atoms with Crippen molar-refractivity contribution in [3.8, 4) is 5.75 Å². The normalized spacial score (nSPS) is 23.2. The SMILES string of the molecule is O=C(O)N1CCC(Oc2ccc(C(=O)N3CCNCC3)cc2C2CCCCC2)C1. The van der Waals surface area contributed by atoms with Gasteiger partial charge in [0.05, 0.1) is 6.54 Å². The highest BCUT2D eigenvalue weighted by Crippen LogP contribution is 2.39. The van der Waals surface area contributed by atoms with Gasteiger partial charge in [-0.15, -0.1) is 0 Å². The van der Waals surface area contributed by atoms with Gasteiger partial charge in [0.25, 0.3) is 5.91 Å². The summed E-state index contributed by atoms with van der Waals surface area (Å²) in [6.45, 7) is 4.07. The Kier molecular flexibility index (Phi) is 6.23. The van der Waals surface area contributed by atoms with E-state index in [-0.39, 0.29) is 12.0 Å². The summed E-state index contributed by atoms with van der Waals surface area (Å²) in [5, 5.41) is 12.5. The minimum Gasteiger partial charge on any atom is -0.488 e. The number of hydrogen-bond acceptors (Lipinski definition) is 4. The molecule has 3 fully saturated rings. The lowest BCUT2D eigenvalue weighted by Crippen LogP contribution is -2.46. The van der Waals surface area contributed by atoms with Crippen LogP contribution in [0, 0.1) is 0 Å². The maximum atomic E-state index is 13.0. The molecule has 2 N–H and O–H groups in total. The van der Waals surface area contributed by atoms with Crippen LogP contribution in [0.25, 0.3) is 0 Å². The molecule has 1 aromatic rings. The molecule has 2 saturated heterocycles. The van der Waals surface area contributed by atoms with Crippen molar-refractivity contribution in [2.24, 2.45) is 0 Å². The third-order valence-corrected chi connectivity index (χ3v) is 6.42. The van der Waals surface area contributed by atoms with Crippen molar-refractivity contribution >= 4 is 12.0 Å². The Balaban J connectivity index is 1.55. The van der Waals surface area contributed by atoms with E-state index in [9.17, 15) is 14.7 Å². The lowest BCUT2D eigenvalue weighted by atomic mass is 9.83. The number of benzene rings is 1. The first-order chi connectivity index (χ1) is 14.1. The van der Waals surface area contributed by atoms with Crippen LogP contribution in [0.2, 0.25) is 0 Å². The molecule has 7 heteroatoms. The Morgan fingerprint density at radius 1 is 1.00 bits per heavy atom. The number of rotatable bonds is 4. The molecule has 1 atom stereocenters. The predicted octanol–water partition coefficient (Wildman–Crippen LogP) is 2.91. The fourth-order valence-electron chi connectivity index (χ4n) is 4.75. The highest BCUT2D eigenvalue weighted by molar-refractivity contribution is 5.94. The predicted molar refractivity (Wildman–Crippen MR) is 110 cm³/mol. The molecule has 158 valence electrons. The maximum absolute atomic E-state index is 13.0. The molecule has 1 unspecified atom stereocenters. The van der Waals surface area contributed by atoms with Gasteiger partial charge in [-0.25, -0.2) is 4.79 Å². The Morgan fingerprint density at radius 2 is 1.76 bits per heavy atom. The van der Waals surface area contributed by atoms with E-state index in [2.05, 4.69) is 5.32 Å². The number of hydrogen-bond donors (Lipinski definition) is 2. The van der Waals surface area contributed by atoms with Crippen LogP contribution in [-0.4, -0.2) is 72.3 Å². The molecule has 0 spiro atoms. The molecule has 0 radical (unpaired) electrons. The van der Waals surface area contributed by atoms with E-state index in [1.165, 1.54) is 24.2 Å². The number of amides is 2. The average molecular weight is 402 g/mol. The summed E-state index contributed by atoms with van der Waals surface area (Å²) in [7, 11) is 0. The van der Waals surface area contributed by atoms with Gasteiger partial charge in [0.15, 0.2) is 0 Å². The molecule has 1 aliphatic carbocycles. The maximum Gasteiger partial charge on any atom is 0.407 e. The third kappa shape index (κ3) is 4.66. The second-order valence-electron chi connectivity index (χ2n) is 8.39. The summed E-state index contributed by atoms with van der Waals surface area (Å²) in [6, 6.07) is 5.85.